The first-order valence-electron chi connectivity index (χ1n) is 16.5. The number of fused-ring (bicyclic) bond motifs is 1. The second-order valence-corrected chi connectivity index (χ2v) is 14.3. The molecule has 3 aliphatic heterocycles. The number of nitrogens with one attached hydrogen (secondary N) is 1. The fourth-order valence-corrected chi connectivity index (χ4v) is 7.05. The molecular formula is C34H55N3O9. The molecule has 4 rings (SSSR count). The quantitative estimate of drug-likeness (QED) is 0.357. The molecule has 3 aliphatic rings. The molecule has 0 spiro atoms. The van der Waals surface area contributed by atoms with Crippen LogP contribution in [0.3, 0.4) is 0 Å². The third-order valence-corrected chi connectivity index (χ3v) is 9.63. The van der Waals surface area contributed by atoms with Crippen molar-refractivity contribution in [2.45, 2.75) is 122 Å². The highest BCUT2D eigenvalue weighted by molar-refractivity contribution is 5.79. The van der Waals surface area contributed by atoms with Crippen LogP contribution in [-0.4, -0.2) is 114 Å². The molecule has 12 nitrogen and oxygen atoms in total. The molecule has 0 aliphatic carbocycles. The topological polar surface area (TPSA) is 152 Å². The molecule has 0 bridgehead atoms. The summed E-state index contributed by atoms with van der Waals surface area (Å²) in [4.78, 5) is 19.8. The number of esters is 1. The van der Waals surface area contributed by atoms with Crippen LogP contribution in [0.5, 0.6) is 5.75 Å². The number of amidine groups is 1. The molecule has 0 radical (unpaired) electrons. The zero-order valence-corrected chi connectivity index (χ0v) is 28.8. The van der Waals surface area contributed by atoms with Crippen LogP contribution in [0.15, 0.2) is 29.3 Å². The number of benzene rings is 1. The van der Waals surface area contributed by atoms with Gasteiger partial charge in [0.25, 0.3) is 6.02 Å². The molecule has 4 N–H and O–H groups in total. The lowest BCUT2D eigenvalue weighted by Gasteiger charge is -2.44. The number of methoxy groups -OCH3 is 1. The Morgan fingerprint density at radius 2 is 1.72 bits per heavy atom. The van der Waals surface area contributed by atoms with Gasteiger partial charge in [0.05, 0.1) is 42.6 Å². The molecule has 3 saturated heterocycles. The van der Waals surface area contributed by atoms with Crippen LogP contribution >= 0.6 is 0 Å². The molecule has 260 valence electrons. The van der Waals surface area contributed by atoms with Gasteiger partial charge in [0.15, 0.2) is 12.4 Å². The number of carbonyl (C=O) groups excluding carboxylic acids is 1. The average Bonchev–Trinajstić information content (AvgIpc) is 3.30. The first kappa shape index (κ1) is 36.4. The zero-order chi connectivity index (χ0) is 34.0. The van der Waals surface area contributed by atoms with Crippen molar-refractivity contribution in [1.29, 1.82) is 0 Å². The smallest absolute Gasteiger partial charge is 0.308 e. The summed E-state index contributed by atoms with van der Waals surface area (Å²) in [6.07, 6.45) is -1.91. The van der Waals surface area contributed by atoms with Crippen molar-refractivity contribution in [2.24, 2.45) is 22.7 Å². The van der Waals surface area contributed by atoms with Crippen LogP contribution < -0.4 is 10.1 Å². The van der Waals surface area contributed by atoms with E-state index in [1.807, 2.05) is 57.0 Å². The summed E-state index contributed by atoms with van der Waals surface area (Å²) in [6, 6.07) is 7.30. The summed E-state index contributed by atoms with van der Waals surface area (Å²) in [5, 5.41) is 37.0. The Labute approximate surface area is 273 Å². The molecule has 1 aromatic rings. The summed E-state index contributed by atoms with van der Waals surface area (Å²) in [5.74, 6) is -0.632. The predicted molar refractivity (Wildman–Crippen MR) is 173 cm³/mol. The molecule has 46 heavy (non-hydrogen) atoms. The number of hydrogen-bond acceptors (Lipinski definition) is 11. The van der Waals surface area contributed by atoms with E-state index in [-0.39, 0.29) is 30.6 Å². The van der Waals surface area contributed by atoms with Gasteiger partial charge in [-0.2, -0.15) is 4.99 Å². The van der Waals surface area contributed by atoms with Gasteiger partial charge in [0.1, 0.15) is 24.1 Å². The van der Waals surface area contributed by atoms with Crippen molar-refractivity contribution >= 4 is 17.7 Å². The Hall–Kier alpha value is -2.48. The van der Waals surface area contributed by atoms with Gasteiger partial charge >= 0.3 is 5.97 Å². The molecule has 12 atom stereocenters. The van der Waals surface area contributed by atoms with E-state index in [0.717, 1.165) is 11.4 Å². The van der Waals surface area contributed by atoms with Crippen LogP contribution in [0, 0.1) is 17.8 Å². The van der Waals surface area contributed by atoms with E-state index in [0.29, 0.717) is 31.8 Å². The van der Waals surface area contributed by atoms with Crippen molar-refractivity contribution in [3.8, 4) is 5.75 Å². The van der Waals surface area contributed by atoms with Gasteiger partial charge in [-0.05, 0) is 89.6 Å². The Morgan fingerprint density at radius 1 is 1.04 bits per heavy atom. The number of hydrogen-bond donors (Lipinski definition) is 4. The minimum Gasteiger partial charge on any atom is -0.497 e. The lowest BCUT2D eigenvalue weighted by atomic mass is 9.79. The highest BCUT2D eigenvalue weighted by atomic mass is 16.7. The third kappa shape index (κ3) is 8.51. The van der Waals surface area contributed by atoms with E-state index in [9.17, 15) is 20.1 Å². The fourth-order valence-electron chi connectivity index (χ4n) is 7.05. The van der Waals surface area contributed by atoms with Gasteiger partial charge in [-0.25, -0.2) is 0 Å². The monoisotopic (exact) mass is 649 g/mol. The number of rotatable bonds is 4. The van der Waals surface area contributed by atoms with Gasteiger partial charge in [0.2, 0.25) is 0 Å². The number of nitrogens with zero attached hydrogens (tertiary/aromatic N) is 2. The molecule has 0 amide bonds. The van der Waals surface area contributed by atoms with Crippen molar-refractivity contribution in [3.63, 3.8) is 0 Å². The number of ether oxygens (including phenoxy) is 5. The van der Waals surface area contributed by atoms with Gasteiger partial charge in [-0.1, -0.05) is 20.8 Å². The normalized spacial score (nSPS) is 42.4. The molecule has 8 unspecified atom stereocenters. The second kappa shape index (κ2) is 14.7. The zero-order valence-electron chi connectivity index (χ0n) is 28.8. The van der Waals surface area contributed by atoms with Crippen molar-refractivity contribution < 1.29 is 43.8 Å². The molecule has 0 aromatic heterocycles. The number of aliphatic hydroxyl groups is 3. The Kier molecular flexibility index (Phi) is 11.6. The maximum Gasteiger partial charge on any atom is 0.308 e. The SMILES string of the molecule is COc1ccc(N=C2O[C@H]3[C@H](OC4C(C)CC(C)C(=O)OCC(C)(O)C(O)C(C)NCC(C)CC4(C)O)O[C@H](C)C[C@@H]3N2C)cc1. The number of aliphatic imine (C=N–C) groups is 1. The van der Waals surface area contributed by atoms with Crippen molar-refractivity contribution in [2.75, 3.05) is 27.3 Å². The number of cyclic esters (lactones) is 1. The number of carbonyl (C=O) groups is 1. The summed E-state index contributed by atoms with van der Waals surface area (Å²) in [6.45, 7) is 12.8. The number of likely N-dealkylation sites (N-methyl/N-ethyl adjacent to an activating group) is 1. The second-order valence-electron chi connectivity index (χ2n) is 14.3. The Bertz CT molecular complexity index is 1190. The van der Waals surface area contributed by atoms with Crippen LogP contribution in [-0.2, 0) is 23.7 Å². The Morgan fingerprint density at radius 3 is 2.37 bits per heavy atom. The van der Waals surface area contributed by atoms with Gasteiger partial charge in [-0.3, -0.25) is 4.79 Å². The summed E-state index contributed by atoms with van der Waals surface area (Å²) < 4.78 is 30.3. The predicted octanol–water partition coefficient (Wildman–Crippen LogP) is 2.99. The molecule has 3 fully saturated rings. The molecular weight excluding hydrogens is 594 g/mol. The fraction of sp³-hybridized carbons (Fsp3) is 0.765. The maximum atomic E-state index is 13.0. The first-order valence-corrected chi connectivity index (χ1v) is 16.5. The minimum atomic E-state index is -1.64. The van der Waals surface area contributed by atoms with Gasteiger partial charge in [-0.15, -0.1) is 0 Å². The van der Waals surface area contributed by atoms with E-state index in [1.54, 1.807) is 27.9 Å². The van der Waals surface area contributed by atoms with E-state index in [4.69, 9.17) is 28.7 Å². The van der Waals surface area contributed by atoms with Crippen LogP contribution in [0.2, 0.25) is 0 Å². The lowest BCUT2D eigenvalue weighted by molar-refractivity contribution is -0.283. The minimum absolute atomic E-state index is 0.0237. The van der Waals surface area contributed by atoms with Crippen molar-refractivity contribution in [1.82, 2.24) is 10.2 Å². The molecule has 0 saturated carbocycles. The summed E-state index contributed by atoms with van der Waals surface area (Å²) in [5.41, 5.74) is -2.23. The first-order chi connectivity index (χ1) is 21.5. The highest BCUT2D eigenvalue weighted by Gasteiger charge is 2.51. The summed E-state index contributed by atoms with van der Waals surface area (Å²) in [7, 11) is 3.56. The largest absolute Gasteiger partial charge is 0.497 e. The van der Waals surface area contributed by atoms with E-state index in [1.165, 1.54) is 6.92 Å². The van der Waals surface area contributed by atoms with E-state index < -0.39 is 53.7 Å². The summed E-state index contributed by atoms with van der Waals surface area (Å²) >= 11 is 0. The molecule has 3 heterocycles. The van der Waals surface area contributed by atoms with Crippen molar-refractivity contribution in [3.05, 3.63) is 24.3 Å². The lowest BCUT2D eigenvalue weighted by Crippen LogP contribution is -2.56. The Balaban J connectivity index is 1.59. The van der Waals surface area contributed by atoms with E-state index in [2.05, 4.69) is 5.32 Å². The van der Waals surface area contributed by atoms with Crippen LogP contribution in [0.4, 0.5) is 5.69 Å². The van der Waals surface area contributed by atoms with Gasteiger partial charge < -0.3 is 49.2 Å². The van der Waals surface area contributed by atoms with Gasteiger partial charge in [0, 0.05) is 13.1 Å². The average molecular weight is 650 g/mol. The highest BCUT2D eigenvalue weighted by Crippen LogP contribution is 2.38. The third-order valence-electron chi connectivity index (χ3n) is 9.63. The van der Waals surface area contributed by atoms with Crippen LogP contribution in [0.1, 0.15) is 67.7 Å². The number of aliphatic hydroxyl groups excluding tert-OH is 1. The van der Waals surface area contributed by atoms with Crippen LogP contribution in [0.25, 0.3) is 0 Å². The maximum absolute atomic E-state index is 13.0. The molecule has 12 heteroatoms. The standard InChI is InChI=1S/C34H55N3O9/c1-19-16-33(6,40)29(20(2)14-21(3)30(39)43-18-34(7,41)28(38)23(5)35-17-19)46-31-27-26(15-22(4)44-31)37(8)32(45-27)36-24-10-12-25(42-9)13-11-24/h10-13,19-23,26-29,31,35,38,40-41H,14-18H2,1-9H3/t19?,20?,21?,22-,23?,26+,27-,28?,29?,31+,33?,34?/m1/s1. The van der Waals surface area contributed by atoms with E-state index >= 15 is 0 Å². The molecule has 1 aromatic carbocycles.